The van der Waals surface area contributed by atoms with Crippen LogP contribution in [0.5, 0.6) is 0 Å². The van der Waals surface area contributed by atoms with Crippen LogP contribution in [0.25, 0.3) is 0 Å². The minimum atomic E-state index is 0.105. The van der Waals surface area contributed by atoms with Crippen LogP contribution in [0, 0.1) is 5.92 Å². The summed E-state index contributed by atoms with van der Waals surface area (Å²) in [5.41, 5.74) is 3.05. The van der Waals surface area contributed by atoms with Gasteiger partial charge in [-0.1, -0.05) is 18.2 Å². The van der Waals surface area contributed by atoms with Gasteiger partial charge in [-0.05, 0) is 75.0 Å². The highest BCUT2D eigenvalue weighted by atomic mass is 16.2. The van der Waals surface area contributed by atoms with Gasteiger partial charge in [0, 0.05) is 44.5 Å². The van der Waals surface area contributed by atoms with Crippen molar-refractivity contribution in [3.8, 4) is 0 Å². The van der Waals surface area contributed by atoms with Gasteiger partial charge in [0.05, 0.1) is 0 Å². The Morgan fingerprint density at radius 3 is 2.45 bits per heavy atom. The molecule has 1 unspecified atom stereocenters. The first kappa shape index (κ1) is 20.0. The van der Waals surface area contributed by atoms with Gasteiger partial charge in [0.25, 0.3) is 5.91 Å². The number of fused-ring (bicyclic) bond motifs is 1. The van der Waals surface area contributed by atoms with Crippen molar-refractivity contribution < 1.29 is 9.59 Å². The summed E-state index contributed by atoms with van der Waals surface area (Å²) in [5, 5.41) is 0. The van der Waals surface area contributed by atoms with Crippen molar-refractivity contribution in [3.05, 3.63) is 47.2 Å². The lowest BCUT2D eigenvalue weighted by Gasteiger charge is -2.38. The van der Waals surface area contributed by atoms with Crippen LogP contribution >= 0.6 is 0 Å². The second-order valence-electron chi connectivity index (χ2n) is 8.74. The third kappa shape index (κ3) is 4.49. The number of amides is 3. The van der Waals surface area contributed by atoms with Crippen molar-refractivity contribution in [3.63, 3.8) is 0 Å². The maximum Gasteiger partial charge on any atom is 0.320 e. The van der Waals surface area contributed by atoms with Crippen molar-refractivity contribution in [2.75, 3.05) is 26.7 Å². The number of carbonyl (C=O) groups excluding carboxylic acids is 2. The molecule has 2 fully saturated rings. The molecular weight excluding hydrogens is 362 g/mol. The highest BCUT2D eigenvalue weighted by Crippen LogP contribution is 2.35. The highest BCUT2D eigenvalue weighted by molar-refractivity contribution is 5.95. The quantitative estimate of drug-likeness (QED) is 0.748. The first-order chi connectivity index (χ1) is 14.1. The molecule has 2 aliphatic heterocycles. The van der Waals surface area contributed by atoms with Gasteiger partial charge in [-0.2, -0.15) is 0 Å². The smallest absolute Gasteiger partial charge is 0.320 e. The van der Waals surface area contributed by atoms with E-state index in [1.54, 1.807) is 4.90 Å². The average Bonchev–Trinajstić information content (AvgIpc) is 2.78. The molecular formula is C24H33N3O2. The largest absolute Gasteiger partial charge is 0.325 e. The summed E-state index contributed by atoms with van der Waals surface area (Å²) in [4.78, 5) is 31.5. The lowest BCUT2D eigenvalue weighted by atomic mass is 9.84. The SMILES string of the molecule is CN(Cc1ccc(C(=O)N2CCCC3CCCC=C32)cc1)C(=O)N1CCCCC1. The minimum absolute atomic E-state index is 0.105. The normalized spacial score (nSPS) is 22.0. The Morgan fingerprint density at radius 2 is 1.69 bits per heavy atom. The zero-order valence-electron chi connectivity index (χ0n) is 17.6. The molecule has 1 atom stereocenters. The number of carbonyl (C=O) groups is 2. The summed E-state index contributed by atoms with van der Waals surface area (Å²) in [6.45, 7) is 3.13. The number of rotatable bonds is 3. The zero-order chi connectivity index (χ0) is 20.2. The van der Waals surface area contributed by atoms with Gasteiger partial charge < -0.3 is 14.7 Å². The lowest BCUT2D eigenvalue weighted by molar-refractivity contribution is 0.0749. The van der Waals surface area contributed by atoms with Crippen molar-refractivity contribution in [1.82, 2.24) is 14.7 Å². The molecule has 156 valence electrons. The van der Waals surface area contributed by atoms with Gasteiger partial charge in [0.2, 0.25) is 0 Å². The van der Waals surface area contributed by atoms with Crippen LogP contribution in [0.2, 0.25) is 0 Å². The molecule has 29 heavy (non-hydrogen) atoms. The average molecular weight is 396 g/mol. The molecule has 1 aliphatic carbocycles. The van der Waals surface area contributed by atoms with Crippen molar-refractivity contribution in [1.29, 1.82) is 0 Å². The van der Waals surface area contributed by atoms with E-state index in [-0.39, 0.29) is 11.9 Å². The molecule has 5 heteroatoms. The number of hydrogen-bond donors (Lipinski definition) is 0. The number of benzene rings is 1. The second-order valence-corrected chi connectivity index (χ2v) is 8.74. The van der Waals surface area contributed by atoms with Crippen LogP contribution < -0.4 is 0 Å². The van der Waals surface area contributed by atoms with Gasteiger partial charge >= 0.3 is 6.03 Å². The molecule has 3 aliphatic rings. The van der Waals surface area contributed by atoms with E-state index < -0.39 is 0 Å². The first-order valence-corrected chi connectivity index (χ1v) is 11.2. The van der Waals surface area contributed by atoms with Crippen molar-refractivity contribution in [2.24, 2.45) is 5.92 Å². The number of allylic oxidation sites excluding steroid dienone is 2. The molecule has 3 amide bonds. The number of urea groups is 1. The number of piperidine rings is 2. The predicted octanol–water partition coefficient (Wildman–Crippen LogP) is 4.64. The Balaban J connectivity index is 1.39. The molecule has 1 aromatic rings. The summed E-state index contributed by atoms with van der Waals surface area (Å²) < 4.78 is 0. The zero-order valence-corrected chi connectivity index (χ0v) is 17.6. The summed E-state index contributed by atoms with van der Waals surface area (Å²) in [6.07, 6.45) is 11.6. The third-order valence-corrected chi connectivity index (χ3v) is 6.59. The van der Waals surface area contributed by atoms with E-state index in [9.17, 15) is 9.59 Å². The molecule has 0 saturated carbocycles. The van der Waals surface area contributed by atoms with Crippen LogP contribution in [0.3, 0.4) is 0 Å². The van der Waals surface area contributed by atoms with Gasteiger partial charge in [-0.25, -0.2) is 4.79 Å². The van der Waals surface area contributed by atoms with Gasteiger partial charge in [-0.3, -0.25) is 4.79 Å². The Morgan fingerprint density at radius 1 is 0.966 bits per heavy atom. The van der Waals surface area contributed by atoms with Crippen LogP contribution in [0.15, 0.2) is 36.0 Å². The number of nitrogens with zero attached hydrogens (tertiary/aromatic N) is 3. The molecule has 2 saturated heterocycles. The fourth-order valence-electron chi connectivity index (χ4n) is 4.97. The van der Waals surface area contributed by atoms with Crippen LogP contribution in [0.4, 0.5) is 4.79 Å². The van der Waals surface area contributed by atoms with E-state index >= 15 is 0 Å². The Hall–Kier alpha value is -2.30. The predicted molar refractivity (Wildman–Crippen MR) is 114 cm³/mol. The lowest BCUT2D eigenvalue weighted by Crippen LogP contribution is -2.43. The monoisotopic (exact) mass is 395 g/mol. The van der Waals surface area contributed by atoms with Crippen LogP contribution in [-0.4, -0.2) is 53.3 Å². The van der Waals surface area contributed by atoms with Gasteiger partial charge in [0.15, 0.2) is 0 Å². The first-order valence-electron chi connectivity index (χ1n) is 11.2. The second kappa shape index (κ2) is 9.02. The Kier molecular flexibility index (Phi) is 6.22. The molecule has 0 N–H and O–H groups in total. The summed E-state index contributed by atoms with van der Waals surface area (Å²) in [7, 11) is 1.86. The van der Waals surface area contributed by atoms with E-state index in [4.69, 9.17) is 0 Å². The number of hydrogen-bond acceptors (Lipinski definition) is 2. The Bertz CT molecular complexity index is 765. The molecule has 0 bridgehead atoms. The molecule has 5 nitrogen and oxygen atoms in total. The fraction of sp³-hybridized carbons (Fsp3) is 0.583. The van der Waals surface area contributed by atoms with Crippen LogP contribution in [-0.2, 0) is 6.54 Å². The molecule has 1 aromatic carbocycles. The molecule has 0 radical (unpaired) electrons. The van der Waals surface area contributed by atoms with Crippen molar-refractivity contribution in [2.45, 2.75) is 57.9 Å². The molecule has 0 spiro atoms. The van der Waals surface area contributed by atoms with E-state index in [2.05, 4.69) is 6.08 Å². The van der Waals surface area contributed by atoms with Gasteiger partial charge in [0.1, 0.15) is 0 Å². The van der Waals surface area contributed by atoms with E-state index in [1.165, 1.54) is 31.4 Å². The standard InChI is InChI=1S/C24H33N3O2/c1-25(24(29)26-15-5-2-6-16-26)18-19-11-13-21(14-12-19)23(28)27-17-7-9-20-8-3-4-10-22(20)27/h10-14,20H,2-9,15-18H2,1H3. The third-order valence-electron chi connectivity index (χ3n) is 6.59. The maximum absolute atomic E-state index is 13.1. The highest BCUT2D eigenvalue weighted by Gasteiger charge is 2.30. The minimum Gasteiger partial charge on any atom is -0.325 e. The fourth-order valence-corrected chi connectivity index (χ4v) is 4.97. The topological polar surface area (TPSA) is 43.9 Å². The van der Waals surface area contributed by atoms with Crippen molar-refractivity contribution >= 4 is 11.9 Å². The molecule has 0 aromatic heterocycles. The Labute approximate surface area is 174 Å². The van der Waals surface area contributed by atoms with E-state index in [1.807, 2.05) is 41.1 Å². The maximum atomic E-state index is 13.1. The molecule has 4 rings (SSSR count). The van der Waals surface area contributed by atoms with Gasteiger partial charge in [-0.15, -0.1) is 0 Å². The van der Waals surface area contributed by atoms with Crippen LogP contribution in [0.1, 0.15) is 67.3 Å². The summed E-state index contributed by atoms with van der Waals surface area (Å²) in [6, 6.07) is 7.93. The van der Waals surface area contributed by atoms with E-state index in [0.717, 1.165) is 56.4 Å². The van der Waals surface area contributed by atoms with E-state index in [0.29, 0.717) is 12.5 Å². The summed E-state index contributed by atoms with van der Waals surface area (Å²) in [5.74, 6) is 0.683. The number of likely N-dealkylation sites (tertiary alicyclic amines) is 2. The molecule has 2 heterocycles. The summed E-state index contributed by atoms with van der Waals surface area (Å²) >= 11 is 0.